The molecule has 2 aromatic carbocycles. The number of halogens is 1. The van der Waals surface area contributed by atoms with Gasteiger partial charge >= 0.3 is 0 Å². The molecule has 0 heterocycles. The van der Waals surface area contributed by atoms with Gasteiger partial charge in [-0.15, -0.1) is 0 Å². The maximum absolute atomic E-state index is 13.5. The van der Waals surface area contributed by atoms with Gasteiger partial charge in [-0.25, -0.2) is 17.5 Å². The van der Waals surface area contributed by atoms with Crippen molar-refractivity contribution in [1.82, 2.24) is 4.72 Å². The molecule has 0 aliphatic rings. The summed E-state index contributed by atoms with van der Waals surface area (Å²) in [5.41, 5.74) is 2.38. The summed E-state index contributed by atoms with van der Waals surface area (Å²) >= 11 is 0. The van der Waals surface area contributed by atoms with Crippen molar-refractivity contribution in [1.29, 1.82) is 0 Å². The zero-order chi connectivity index (χ0) is 17.0. The number of anilines is 1. The van der Waals surface area contributed by atoms with Crippen LogP contribution in [0.5, 0.6) is 0 Å². The lowest BCUT2D eigenvalue weighted by Gasteiger charge is -2.12. The van der Waals surface area contributed by atoms with Crippen molar-refractivity contribution in [3.63, 3.8) is 0 Å². The molecular formula is C16H17FN2O3S. The topological polar surface area (TPSA) is 75.3 Å². The fourth-order valence-electron chi connectivity index (χ4n) is 2.10. The van der Waals surface area contributed by atoms with Gasteiger partial charge in [0.1, 0.15) is 10.7 Å². The van der Waals surface area contributed by atoms with Crippen molar-refractivity contribution in [2.24, 2.45) is 0 Å². The summed E-state index contributed by atoms with van der Waals surface area (Å²) in [6.07, 6.45) is 0. The van der Waals surface area contributed by atoms with Crippen LogP contribution >= 0.6 is 0 Å². The SMILES string of the molecule is Cc1cccc(C)c1NC(=O)CNS(=O)(=O)c1ccccc1F. The van der Waals surface area contributed by atoms with Crippen LogP contribution in [0.2, 0.25) is 0 Å². The molecule has 0 aliphatic carbocycles. The second-order valence-corrected chi connectivity index (χ2v) is 6.81. The lowest BCUT2D eigenvalue weighted by Crippen LogP contribution is -2.33. The van der Waals surface area contributed by atoms with E-state index < -0.39 is 33.2 Å². The molecular weight excluding hydrogens is 319 g/mol. The van der Waals surface area contributed by atoms with Crippen LogP contribution < -0.4 is 10.0 Å². The molecule has 122 valence electrons. The predicted octanol–water partition coefficient (Wildman–Crippen LogP) is 2.36. The van der Waals surface area contributed by atoms with Crippen LogP contribution in [0.15, 0.2) is 47.4 Å². The summed E-state index contributed by atoms with van der Waals surface area (Å²) in [7, 11) is -4.08. The molecule has 0 saturated heterocycles. The molecule has 0 aromatic heterocycles. The van der Waals surface area contributed by atoms with E-state index in [2.05, 4.69) is 10.0 Å². The van der Waals surface area contributed by atoms with E-state index in [9.17, 15) is 17.6 Å². The first-order valence-corrected chi connectivity index (χ1v) is 8.40. The van der Waals surface area contributed by atoms with Crippen LogP contribution in [0.1, 0.15) is 11.1 Å². The average molecular weight is 336 g/mol. The zero-order valence-corrected chi connectivity index (χ0v) is 13.6. The first kappa shape index (κ1) is 17.1. The number of carbonyl (C=O) groups is 1. The second kappa shape index (κ2) is 6.89. The molecule has 0 spiro atoms. The molecule has 2 N–H and O–H groups in total. The van der Waals surface area contributed by atoms with Crippen molar-refractivity contribution in [2.75, 3.05) is 11.9 Å². The largest absolute Gasteiger partial charge is 0.324 e. The lowest BCUT2D eigenvalue weighted by atomic mass is 10.1. The van der Waals surface area contributed by atoms with Gasteiger partial charge in [0.25, 0.3) is 0 Å². The molecule has 0 aliphatic heterocycles. The number of benzene rings is 2. The first-order valence-electron chi connectivity index (χ1n) is 6.91. The van der Waals surface area contributed by atoms with Crippen LogP contribution in [-0.4, -0.2) is 20.9 Å². The lowest BCUT2D eigenvalue weighted by molar-refractivity contribution is -0.115. The van der Waals surface area contributed by atoms with Crippen molar-refractivity contribution in [3.05, 3.63) is 59.4 Å². The molecule has 23 heavy (non-hydrogen) atoms. The average Bonchev–Trinajstić information content (AvgIpc) is 2.49. The zero-order valence-electron chi connectivity index (χ0n) is 12.8. The standard InChI is InChI=1S/C16H17FN2O3S/c1-11-6-5-7-12(2)16(11)19-15(20)10-18-23(21,22)14-9-4-3-8-13(14)17/h3-9,18H,10H2,1-2H3,(H,19,20). The summed E-state index contributed by atoms with van der Waals surface area (Å²) in [4.78, 5) is 11.5. The molecule has 2 rings (SSSR count). The quantitative estimate of drug-likeness (QED) is 0.880. The van der Waals surface area contributed by atoms with Crippen molar-refractivity contribution < 1.29 is 17.6 Å². The van der Waals surface area contributed by atoms with E-state index in [1.54, 1.807) is 0 Å². The summed E-state index contributed by atoms with van der Waals surface area (Å²) in [6.45, 7) is 3.20. The number of carbonyl (C=O) groups excluding carboxylic acids is 1. The van der Waals surface area contributed by atoms with Crippen molar-refractivity contribution in [3.8, 4) is 0 Å². The van der Waals surface area contributed by atoms with E-state index in [-0.39, 0.29) is 0 Å². The van der Waals surface area contributed by atoms with E-state index in [0.29, 0.717) is 5.69 Å². The van der Waals surface area contributed by atoms with Crippen LogP contribution in [0.4, 0.5) is 10.1 Å². The highest BCUT2D eigenvalue weighted by atomic mass is 32.2. The normalized spacial score (nSPS) is 11.3. The minimum Gasteiger partial charge on any atom is -0.324 e. The van der Waals surface area contributed by atoms with E-state index in [0.717, 1.165) is 23.3 Å². The van der Waals surface area contributed by atoms with Gasteiger partial charge in [-0.05, 0) is 37.1 Å². The Morgan fingerprint density at radius 2 is 1.65 bits per heavy atom. The van der Waals surface area contributed by atoms with E-state index >= 15 is 0 Å². The number of rotatable bonds is 5. The molecule has 0 unspecified atom stereocenters. The number of hydrogen-bond donors (Lipinski definition) is 2. The van der Waals surface area contributed by atoms with Gasteiger partial charge in [0.05, 0.1) is 6.54 Å². The van der Waals surface area contributed by atoms with Crippen LogP contribution in [0.25, 0.3) is 0 Å². The van der Waals surface area contributed by atoms with Gasteiger partial charge in [0.2, 0.25) is 15.9 Å². The Morgan fingerprint density at radius 3 is 2.26 bits per heavy atom. The summed E-state index contributed by atoms with van der Waals surface area (Å²) < 4.78 is 39.7. The Kier molecular flexibility index (Phi) is 5.12. The Bertz CT molecular complexity index is 815. The molecule has 0 atom stereocenters. The van der Waals surface area contributed by atoms with Crippen LogP contribution in [0, 0.1) is 19.7 Å². The number of sulfonamides is 1. The summed E-state index contributed by atoms with van der Waals surface area (Å²) in [5, 5.41) is 2.66. The molecule has 0 bridgehead atoms. The van der Waals surface area contributed by atoms with E-state index in [1.165, 1.54) is 12.1 Å². The van der Waals surface area contributed by atoms with Crippen LogP contribution in [0.3, 0.4) is 0 Å². The summed E-state index contributed by atoms with van der Waals surface area (Å²) in [5.74, 6) is -1.39. The van der Waals surface area contributed by atoms with E-state index in [4.69, 9.17) is 0 Å². The number of aryl methyl sites for hydroxylation is 2. The highest BCUT2D eigenvalue weighted by molar-refractivity contribution is 7.89. The minimum atomic E-state index is -4.08. The number of amides is 1. The molecule has 7 heteroatoms. The number of hydrogen-bond acceptors (Lipinski definition) is 3. The molecule has 1 amide bonds. The third kappa shape index (κ3) is 4.14. The monoisotopic (exact) mass is 336 g/mol. The Morgan fingerprint density at radius 1 is 1.04 bits per heavy atom. The molecule has 2 aromatic rings. The van der Waals surface area contributed by atoms with Gasteiger partial charge in [0.15, 0.2) is 0 Å². The van der Waals surface area contributed by atoms with Gasteiger partial charge < -0.3 is 5.32 Å². The number of nitrogens with one attached hydrogen (secondary N) is 2. The van der Waals surface area contributed by atoms with Crippen LogP contribution in [-0.2, 0) is 14.8 Å². The fraction of sp³-hybridized carbons (Fsp3) is 0.188. The van der Waals surface area contributed by atoms with Gasteiger partial charge in [0, 0.05) is 5.69 Å². The highest BCUT2D eigenvalue weighted by Gasteiger charge is 2.19. The van der Waals surface area contributed by atoms with Crippen molar-refractivity contribution in [2.45, 2.75) is 18.7 Å². The van der Waals surface area contributed by atoms with Gasteiger partial charge in [-0.3, -0.25) is 4.79 Å². The minimum absolute atomic E-state index is 0.482. The van der Waals surface area contributed by atoms with Gasteiger partial charge in [-0.1, -0.05) is 30.3 Å². The molecule has 0 saturated carbocycles. The third-order valence-corrected chi connectivity index (χ3v) is 4.73. The smallest absolute Gasteiger partial charge is 0.243 e. The van der Waals surface area contributed by atoms with Gasteiger partial charge in [-0.2, -0.15) is 0 Å². The third-order valence-electron chi connectivity index (χ3n) is 3.29. The van der Waals surface area contributed by atoms with Crippen molar-refractivity contribution >= 4 is 21.6 Å². The Labute approximate surface area is 134 Å². The summed E-state index contributed by atoms with van der Waals surface area (Å²) in [6, 6.07) is 10.5. The highest BCUT2D eigenvalue weighted by Crippen LogP contribution is 2.19. The molecule has 0 radical (unpaired) electrons. The Balaban J connectivity index is 2.06. The maximum Gasteiger partial charge on any atom is 0.243 e. The maximum atomic E-state index is 13.5. The Hall–Kier alpha value is -2.25. The predicted molar refractivity (Wildman–Crippen MR) is 86.1 cm³/mol. The molecule has 0 fully saturated rings. The van der Waals surface area contributed by atoms with E-state index in [1.807, 2.05) is 32.0 Å². The fourth-order valence-corrected chi connectivity index (χ4v) is 3.16. The second-order valence-electron chi connectivity index (χ2n) is 5.07. The molecule has 5 nitrogen and oxygen atoms in total. The first-order chi connectivity index (χ1) is 10.8. The number of para-hydroxylation sites is 1.